The van der Waals surface area contributed by atoms with Gasteiger partial charge in [-0.3, -0.25) is 4.79 Å². The number of hydrogen-bond acceptors (Lipinski definition) is 3. The Morgan fingerprint density at radius 3 is 3.06 bits per heavy atom. The molecule has 0 bridgehead atoms. The molecule has 0 spiro atoms. The summed E-state index contributed by atoms with van der Waals surface area (Å²) < 4.78 is 5.53. The van der Waals surface area contributed by atoms with Gasteiger partial charge in [-0.2, -0.15) is 0 Å². The van der Waals surface area contributed by atoms with E-state index in [0.717, 1.165) is 23.0 Å². The maximum absolute atomic E-state index is 10.9. The lowest BCUT2D eigenvalue weighted by Crippen LogP contribution is -2.42. The highest BCUT2D eigenvalue weighted by atomic mass is 16.5. The smallest absolute Gasteiger partial charge is 0.306 e. The van der Waals surface area contributed by atoms with Gasteiger partial charge in [0.25, 0.3) is 0 Å². The van der Waals surface area contributed by atoms with E-state index < -0.39 is 11.6 Å². The fraction of sp³-hybridized carbons (Fsp3) is 0.333. The zero-order chi connectivity index (χ0) is 11.9. The highest BCUT2D eigenvalue weighted by Crippen LogP contribution is 2.41. The first-order chi connectivity index (χ1) is 8.20. The first-order valence-electron chi connectivity index (χ1n) is 5.49. The molecule has 2 heterocycles. The van der Waals surface area contributed by atoms with Crippen LogP contribution in [0.15, 0.2) is 24.5 Å². The van der Waals surface area contributed by atoms with Gasteiger partial charge in [0, 0.05) is 6.42 Å². The topological polar surface area (TPSA) is 75.2 Å². The van der Waals surface area contributed by atoms with Crippen LogP contribution in [0.2, 0.25) is 0 Å². The van der Waals surface area contributed by atoms with E-state index in [9.17, 15) is 4.79 Å². The van der Waals surface area contributed by atoms with Crippen molar-refractivity contribution >= 4 is 17.0 Å². The number of aromatic amines is 1. The van der Waals surface area contributed by atoms with Crippen molar-refractivity contribution in [2.24, 2.45) is 0 Å². The van der Waals surface area contributed by atoms with Gasteiger partial charge in [0.15, 0.2) is 0 Å². The number of nitrogens with one attached hydrogen (secondary N) is 1. The summed E-state index contributed by atoms with van der Waals surface area (Å²) in [5.74, 6) is -0.839. The van der Waals surface area contributed by atoms with E-state index in [-0.39, 0.29) is 6.42 Å². The molecule has 1 unspecified atom stereocenters. The molecule has 0 amide bonds. The summed E-state index contributed by atoms with van der Waals surface area (Å²) in [6, 6.07) is 5.70. The van der Waals surface area contributed by atoms with Crippen LogP contribution < -0.4 is 0 Å². The minimum Gasteiger partial charge on any atom is -0.481 e. The van der Waals surface area contributed by atoms with E-state index in [4.69, 9.17) is 9.84 Å². The highest BCUT2D eigenvalue weighted by Gasteiger charge is 2.42. The zero-order valence-corrected chi connectivity index (χ0v) is 9.14. The molecular formula is C12H12N2O3. The molecule has 17 heavy (non-hydrogen) atoms. The Labute approximate surface area is 97.4 Å². The van der Waals surface area contributed by atoms with Gasteiger partial charge in [-0.15, -0.1) is 0 Å². The summed E-state index contributed by atoms with van der Waals surface area (Å²) in [5, 5.41) is 8.95. The minimum atomic E-state index is -0.839. The maximum Gasteiger partial charge on any atom is 0.306 e. The molecule has 1 aliphatic rings. The van der Waals surface area contributed by atoms with Crippen LogP contribution in [-0.2, 0) is 15.1 Å². The molecule has 1 aromatic heterocycles. The average Bonchev–Trinajstić information content (AvgIpc) is 2.69. The predicted octanol–water partition coefficient (Wildman–Crippen LogP) is 1.65. The number of aromatic nitrogens is 2. The van der Waals surface area contributed by atoms with Gasteiger partial charge in [0.2, 0.25) is 0 Å². The van der Waals surface area contributed by atoms with Crippen LogP contribution in [0.5, 0.6) is 0 Å². The molecule has 1 aromatic carbocycles. The number of fused-ring (bicyclic) bond motifs is 1. The van der Waals surface area contributed by atoms with E-state index >= 15 is 0 Å². The van der Waals surface area contributed by atoms with Gasteiger partial charge in [0.1, 0.15) is 5.60 Å². The molecular weight excluding hydrogens is 220 g/mol. The van der Waals surface area contributed by atoms with Crippen molar-refractivity contribution < 1.29 is 14.6 Å². The third kappa shape index (κ3) is 1.59. The van der Waals surface area contributed by atoms with Crippen LogP contribution in [0, 0.1) is 0 Å². The number of ether oxygens (including phenoxy) is 1. The summed E-state index contributed by atoms with van der Waals surface area (Å²) >= 11 is 0. The number of imidazole rings is 1. The number of aliphatic carboxylic acids is 1. The van der Waals surface area contributed by atoms with Crippen LogP contribution in [-0.4, -0.2) is 27.7 Å². The van der Waals surface area contributed by atoms with Gasteiger partial charge >= 0.3 is 5.97 Å². The van der Waals surface area contributed by atoms with E-state index in [1.54, 1.807) is 6.33 Å². The van der Waals surface area contributed by atoms with Gasteiger partial charge in [-0.1, -0.05) is 6.07 Å². The molecule has 1 atom stereocenters. The number of nitrogens with zero attached hydrogens (tertiary/aromatic N) is 1. The minimum absolute atomic E-state index is 0.00659. The summed E-state index contributed by atoms with van der Waals surface area (Å²) in [4.78, 5) is 18.0. The molecule has 1 saturated heterocycles. The van der Waals surface area contributed by atoms with Crippen molar-refractivity contribution in [2.45, 2.75) is 18.4 Å². The van der Waals surface area contributed by atoms with Gasteiger partial charge in [-0.25, -0.2) is 4.98 Å². The molecule has 0 aliphatic carbocycles. The quantitative estimate of drug-likeness (QED) is 0.843. The summed E-state index contributed by atoms with van der Waals surface area (Å²) in [6.45, 7) is 0.619. The lowest BCUT2D eigenvalue weighted by Gasteiger charge is -2.41. The molecule has 2 aromatic rings. The molecule has 5 heteroatoms. The van der Waals surface area contributed by atoms with Crippen LogP contribution in [0.25, 0.3) is 11.0 Å². The van der Waals surface area contributed by atoms with Crippen molar-refractivity contribution in [1.29, 1.82) is 0 Å². The van der Waals surface area contributed by atoms with E-state index in [2.05, 4.69) is 9.97 Å². The fourth-order valence-corrected chi connectivity index (χ4v) is 2.28. The van der Waals surface area contributed by atoms with Crippen LogP contribution >= 0.6 is 0 Å². The molecule has 1 fully saturated rings. The van der Waals surface area contributed by atoms with Crippen LogP contribution in [0.1, 0.15) is 18.4 Å². The lowest BCUT2D eigenvalue weighted by molar-refractivity contribution is -0.176. The van der Waals surface area contributed by atoms with E-state index in [0.29, 0.717) is 6.61 Å². The Balaban J connectivity index is 2.03. The second kappa shape index (κ2) is 3.56. The molecule has 88 valence electrons. The van der Waals surface area contributed by atoms with Crippen molar-refractivity contribution in [1.82, 2.24) is 9.97 Å². The first-order valence-corrected chi connectivity index (χ1v) is 5.49. The number of carboxylic acid groups (broad SMARTS) is 1. The summed E-state index contributed by atoms with van der Waals surface area (Å²) in [5.41, 5.74) is 2.04. The van der Waals surface area contributed by atoms with Crippen LogP contribution in [0.3, 0.4) is 0 Å². The predicted molar refractivity (Wildman–Crippen MR) is 60.6 cm³/mol. The van der Waals surface area contributed by atoms with Crippen molar-refractivity contribution in [3.8, 4) is 0 Å². The fourth-order valence-electron chi connectivity index (χ4n) is 2.28. The van der Waals surface area contributed by atoms with Crippen LogP contribution in [0.4, 0.5) is 0 Å². The second-order valence-electron chi connectivity index (χ2n) is 4.30. The Hall–Kier alpha value is -1.88. The Kier molecular flexibility index (Phi) is 2.16. The molecule has 1 aliphatic heterocycles. The van der Waals surface area contributed by atoms with Crippen molar-refractivity contribution in [3.05, 3.63) is 30.1 Å². The normalized spacial score (nSPS) is 23.5. The van der Waals surface area contributed by atoms with Crippen molar-refractivity contribution in [2.75, 3.05) is 6.61 Å². The number of hydrogen-bond donors (Lipinski definition) is 2. The first kappa shape index (κ1) is 10.3. The molecule has 3 rings (SSSR count). The van der Waals surface area contributed by atoms with Gasteiger partial charge < -0.3 is 14.8 Å². The monoisotopic (exact) mass is 232 g/mol. The third-order valence-electron chi connectivity index (χ3n) is 3.27. The van der Waals surface area contributed by atoms with Gasteiger partial charge in [-0.05, 0) is 17.7 Å². The van der Waals surface area contributed by atoms with Crippen molar-refractivity contribution in [3.63, 3.8) is 0 Å². The summed E-state index contributed by atoms with van der Waals surface area (Å²) in [6.07, 6.45) is 2.38. The molecule has 2 N–H and O–H groups in total. The Bertz CT molecular complexity index is 572. The highest BCUT2D eigenvalue weighted by molar-refractivity contribution is 5.76. The third-order valence-corrected chi connectivity index (χ3v) is 3.27. The Morgan fingerprint density at radius 1 is 1.59 bits per heavy atom. The summed E-state index contributed by atoms with van der Waals surface area (Å²) in [7, 11) is 0. The second-order valence-corrected chi connectivity index (χ2v) is 4.30. The lowest BCUT2D eigenvalue weighted by atomic mass is 9.83. The zero-order valence-electron chi connectivity index (χ0n) is 9.14. The SMILES string of the molecule is O=C(O)CC1(c2ccc3nc[nH]c3c2)CCO1. The number of rotatable bonds is 3. The molecule has 0 saturated carbocycles. The average molecular weight is 232 g/mol. The number of carbonyl (C=O) groups is 1. The molecule has 5 nitrogen and oxygen atoms in total. The van der Waals surface area contributed by atoms with Gasteiger partial charge in [0.05, 0.1) is 30.4 Å². The standard InChI is InChI=1S/C12H12N2O3/c15-11(16)6-12(3-4-17-12)8-1-2-9-10(5-8)14-7-13-9/h1-2,5,7H,3-4,6H2,(H,13,14)(H,15,16). The number of benzene rings is 1. The molecule has 0 radical (unpaired) electrons. The van der Waals surface area contributed by atoms with E-state index in [1.165, 1.54) is 0 Å². The Morgan fingerprint density at radius 2 is 2.41 bits per heavy atom. The number of H-pyrrole nitrogens is 1. The largest absolute Gasteiger partial charge is 0.481 e. The maximum atomic E-state index is 10.9. The number of carboxylic acids is 1. The van der Waals surface area contributed by atoms with E-state index in [1.807, 2.05) is 18.2 Å².